The van der Waals surface area contributed by atoms with Crippen LogP contribution in [0.5, 0.6) is 0 Å². The van der Waals surface area contributed by atoms with Crippen LogP contribution < -0.4 is 15.1 Å². The summed E-state index contributed by atoms with van der Waals surface area (Å²) >= 11 is 0. The molecule has 0 aliphatic heterocycles. The SMILES string of the molecule is Cc1cc(C)c(Nc2ccc([C+](c3ccc(N(C)c4c(C)cc(C)cc4C)cc3)c3ccc(N(C)c4c(C)cc(C)cc4C)cc3)c3ccc(S(=O)([O-])=NC(=O)C(F)(F)F)cc23)c(C)c1. The van der Waals surface area contributed by atoms with Gasteiger partial charge in [-0.15, -0.1) is 0 Å². The van der Waals surface area contributed by atoms with Crippen molar-refractivity contribution in [1.82, 2.24) is 0 Å². The lowest BCUT2D eigenvalue weighted by molar-refractivity contribution is -0.169. The standard InChI is InChI=1S/C54H53F3N4O3S/c1-31-24-34(4)50(35(5)25-31)58-48-23-22-46(45-21-20-44(30-47(45)48)65(63,64)59-53(62)54(55,56)57)49(40-12-16-42(17-13-40)60(10)51-36(6)26-32(2)27-37(51)7)41-14-18-43(19-15-41)61(11)52-38(8)28-33(3)29-39(52)9/h12-30H,1-11H3,(H-,58,59,62,63,64). The smallest absolute Gasteiger partial charge is 0.474 e. The quantitative estimate of drug-likeness (QED) is 0.109. The number of amides is 1. The Morgan fingerprint density at radius 1 is 0.585 bits per heavy atom. The largest absolute Gasteiger partial charge is 0.760 e. The molecule has 0 fully saturated rings. The maximum absolute atomic E-state index is 13.4. The van der Waals surface area contributed by atoms with Gasteiger partial charge in [-0.2, -0.15) is 17.5 Å². The van der Waals surface area contributed by atoms with E-state index < -0.39 is 27.0 Å². The average Bonchev–Trinajstić information content (AvgIpc) is 3.21. The van der Waals surface area contributed by atoms with E-state index in [9.17, 15) is 26.7 Å². The van der Waals surface area contributed by atoms with Crippen LogP contribution in [-0.4, -0.2) is 34.9 Å². The van der Waals surface area contributed by atoms with E-state index in [1.807, 2.05) is 59.1 Å². The van der Waals surface area contributed by atoms with Crippen LogP contribution in [0.2, 0.25) is 0 Å². The molecule has 7 aromatic carbocycles. The molecule has 0 aliphatic rings. The number of aryl methyl sites for hydroxylation is 9. The number of benzene rings is 7. The molecule has 0 radical (unpaired) electrons. The maximum Gasteiger partial charge on any atom is 0.474 e. The summed E-state index contributed by atoms with van der Waals surface area (Å²) < 4.78 is 69.3. The Balaban J connectivity index is 1.43. The van der Waals surface area contributed by atoms with Crippen molar-refractivity contribution in [3.63, 3.8) is 0 Å². The molecule has 0 saturated carbocycles. The average molecular weight is 895 g/mol. The zero-order valence-electron chi connectivity index (χ0n) is 38.6. The van der Waals surface area contributed by atoms with Crippen molar-refractivity contribution in [3.05, 3.63) is 188 Å². The first-order valence-electron chi connectivity index (χ1n) is 21.3. The molecule has 65 heavy (non-hydrogen) atoms. The van der Waals surface area contributed by atoms with E-state index in [1.165, 1.54) is 23.3 Å². The van der Waals surface area contributed by atoms with Gasteiger partial charge < -0.3 is 19.7 Å². The molecule has 0 spiro atoms. The summed E-state index contributed by atoms with van der Waals surface area (Å²) in [6.07, 6.45) is -5.46. The Labute approximate surface area is 381 Å². The number of carbonyl (C=O) groups is 1. The fourth-order valence-corrected chi connectivity index (χ4v) is 10.3. The first-order chi connectivity index (χ1) is 30.5. The van der Waals surface area contributed by atoms with Gasteiger partial charge in [0.2, 0.25) is 0 Å². The predicted molar refractivity (Wildman–Crippen MR) is 259 cm³/mol. The monoisotopic (exact) mass is 894 g/mol. The van der Waals surface area contributed by atoms with Gasteiger partial charge in [-0.25, -0.2) is 0 Å². The fraction of sp³-hybridized carbons (Fsp3) is 0.222. The second kappa shape index (κ2) is 17.8. The first kappa shape index (κ1) is 46.4. The van der Waals surface area contributed by atoms with E-state index >= 15 is 0 Å². The van der Waals surface area contributed by atoms with Crippen molar-refractivity contribution in [2.45, 2.75) is 73.4 Å². The topological polar surface area (TPSA) is 88.1 Å². The molecule has 7 rings (SSSR count). The van der Waals surface area contributed by atoms with Crippen LogP contribution in [0.4, 0.5) is 47.3 Å². The Hall–Kier alpha value is -6.56. The molecule has 0 aromatic heterocycles. The summed E-state index contributed by atoms with van der Waals surface area (Å²) in [5, 5.41) is 4.52. The molecule has 7 nitrogen and oxygen atoms in total. The Kier molecular flexibility index (Phi) is 12.7. The van der Waals surface area contributed by atoms with Gasteiger partial charge >= 0.3 is 12.1 Å². The molecule has 1 amide bonds. The summed E-state index contributed by atoms with van der Waals surface area (Å²) in [6.45, 7) is 18.5. The number of alkyl halides is 3. The van der Waals surface area contributed by atoms with Crippen LogP contribution in [0, 0.1) is 68.2 Å². The maximum atomic E-state index is 13.4. The molecule has 7 aromatic rings. The lowest BCUT2D eigenvalue weighted by Crippen LogP contribution is -2.22. The minimum Gasteiger partial charge on any atom is -0.760 e. The summed E-state index contributed by atoms with van der Waals surface area (Å²) in [5.74, 6) is -1.86. The highest BCUT2D eigenvalue weighted by molar-refractivity contribution is 7.88. The van der Waals surface area contributed by atoms with Gasteiger partial charge in [-0.05, 0) is 175 Å². The summed E-state index contributed by atoms with van der Waals surface area (Å²) in [5.41, 5.74) is 18.0. The predicted octanol–water partition coefficient (Wildman–Crippen LogP) is 14.0. The number of carbonyl (C=O) groups excluding carboxylic acids is 1. The van der Waals surface area contributed by atoms with Gasteiger partial charge in [-0.3, -0.25) is 9.00 Å². The first-order valence-corrected chi connectivity index (χ1v) is 22.7. The number of anilines is 6. The van der Waals surface area contributed by atoms with E-state index in [1.54, 1.807) is 6.07 Å². The molecule has 334 valence electrons. The van der Waals surface area contributed by atoms with Crippen molar-refractivity contribution in [2.75, 3.05) is 29.2 Å². The van der Waals surface area contributed by atoms with Gasteiger partial charge in [0, 0.05) is 56.8 Å². The minimum atomic E-state index is -5.46. The molecule has 0 heterocycles. The molecular formula is C54H53F3N4O3S. The van der Waals surface area contributed by atoms with Gasteiger partial charge in [0.05, 0.1) is 39.7 Å². The fourth-order valence-electron chi connectivity index (χ4n) is 9.38. The lowest BCUT2D eigenvalue weighted by Gasteiger charge is -2.25. The zero-order valence-corrected chi connectivity index (χ0v) is 39.4. The third-order valence-corrected chi connectivity index (χ3v) is 13.2. The normalized spacial score (nSPS) is 12.5. The van der Waals surface area contributed by atoms with E-state index in [-0.39, 0.29) is 0 Å². The summed E-state index contributed by atoms with van der Waals surface area (Å²) in [7, 11) is -0.962. The van der Waals surface area contributed by atoms with Gasteiger partial charge in [0.25, 0.3) is 0 Å². The number of hydrogen-bond donors (Lipinski definition) is 1. The van der Waals surface area contributed by atoms with Crippen molar-refractivity contribution < 1.29 is 26.7 Å². The summed E-state index contributed by atoms with van der Waals surface area (Å²) in [4.78, 5) is 15.7. The minimum absolute atomic E-state index is 0.401. The van der Waals surface area contributed by atoms with Crippen molar-refractivity contribution in [3.8, 4) is 0 Å². The number of fused-ring (bicyclic) bond motifs is 1. The van der Waals surface area contributed by atoms with Gasteiger partial charge in [-0.1, -0.05) is 53.1 Å². The highest BCUT2D eigenvalue weighted by atomic mass is 32.2. The van der Waals surface area contributed by atoms with Gasteiger partial charge in [0.15, 0.2) is 0 Å². The molecule has 1 atom stereocenters. The molecule has 1 unspecified atom stereocenters. The highest BCUT2D eigenvalue weighted by Gasteiger charge is 2.39. The van der Waals surface area contributed by atoms with Crippen molar-refractivity contribution >= 4 is 60.8 Å². The Morgan fingerprint density at radius 2 is 1.00 bits per heavy atom. The Bertz CT molecular complexity index is 2940. The van der Waals surface area contributed by atoms with Crippen LogP contribution >= 0.6 is 0 Å². The molecule has 0 bridgehead atoms. The van der Waals surface area contributed by atoms with Gasteiger partial charge in [0.1, 0.15) is 0 Å². The molecule has 11 heteroatoms. The Morgan fingerprint density at radius 3 is 1.42 bits per heavy atom. The molecule has 0 saturated heterocycles. The second-order valence-corrected chi connectivity index (χ2v) is 18.8. The van der Waals surface area contributed by atoms with E-state index in [0.717, 1.165) is 90.0 Å². The number of rotatable bonds is 10. The zero-order chi connectivity index (χ0) is 47.3. The van der Waals surface area contributed by atoms with E-state index in [0.29, 0.717) is 16.5 Å². The number of halogens is 3. The summed E-state index contributed by atoms with van der Waals surface area (Å²) in [6, 6.07) is 37.2. The molecule has 0 aliphatic carbocycles. The van der Waals surface area contributed by atoms with Crippen molar-refractivity contribution in [1.29, 1.82) is 0 Å². The highest BCUT2D eigenvalue weighted by Crippen LogP contribution is 2.42. The van der Waals surface area contributed by atoms with Crippen LogP contribution in [0.1, 0.15) is 66.8 Å². The third kappa shape index (κ3) is 9.48. The lowest BCUT2D eigenvalue weighted by atomic mass is 9.82. The number of nitrogens with one attached hydrogen (secondary N) is 1. The van der Waals surface area contributed by atoms with E-state index in [4.69, 9.17) is 0 Å². The number of hydrogen-bond acceptors (Lipinski definition) is 6. The van der Waals surface area contributed by atoms with Crippen LogP contribution in [0.25, 0.3) is 10.8 Å². The second-order valence-electron chi connectivity index (χ2n) is 17.2. The van der Waals surface area contributed by atoms with Crippen LogP contribution in [0.3, 0.4) is 0 Å². The molecular weight excluding hydrogens is 842 g/mol. The van der Waals surface area contributed by atoms with Crippen LogP contribution in [-0.2, 0) is 14.8 Å². The third-order valence-electron chi connectivity index (χ3n) is 12.0. The van der Waals surface area contributed by atoms with Crippen LogP contribution in [0.15, 0.2) is 125 Å². The molecule has 1 N–H and O–H groups in total. The number of nitrogens with zero attached hydrogens (tertiary/aromatic N) is 3. The van der Waals surface area contributed by atoms with Crippen molar-refractivity contribution in [2.24, 2.45) is 4.36 Å². The van der Waals surface area contributed by atoms with E-state index in [2.05, 4.69) is 134 Å².